The molecule has 1 aliphatic heterocycles. The molecule has 0 saturated carbocycles. The number of aromatic nitrogens is 1. The quantitative estimate of drug-likeness (QED) is 0.904. The van der Waals surface area contributed by atoms with Gasteiger partial charge in [0.15, 0.2) is 0 Å². The Morgan fingerprint density at radius 1 is 1.24 bits per heavy atom. The van der Waals surface area contributed by atoms with Crippen molar-refractivity contribution in [3.05, 3.63) is 34.7 Å². The van der Waals surface area contributed by atoms with Crippen molar-refractivity contribution in [1.82, 2.24) is 10.3 Å². The van der Waals surface area contributed by atoms with E-state index >= 15 is 0 Å². The number of piperidine rings is 1. The van der Waals surface area contributed by atoms with Gasteiger partial charge in [-0.2, -0.15) is 0 Å². The summed E-state index contributed by atoms with van der Waals surface area (Å²) in [6, 6.07) is 8.28. The van der Waals surface area contributed by atoms with Crippen LogP contribution in [0, 0.1) is 0 Å². The Balaban J connectivity index is 1.70. The SMILES string of the molecule is CCCOc1ccc(-c2csc(C3CCNCC3)n2)cc1. The molecule has 3 rings (SSSR count). The van der Waals surface area contributed by atoms with Crippen molar-refractivity contribution in [2.24, 2.45) is 0 Å². The second kappa shape index (κ2) is 7.05. The Morgan fingerprint density at radius 3 is 2.71 bits per heavy atom. The number of benzene rings is 1. The number of ether oxygens (including phenoxy) is 1. The lowest BCUT2D eigenvalue weighted by Crippen LogP contribution is -2.26. The number of hydrogen-bond donors (Lipinski definition) is 1. The molecule has 112 valence electrons. The minimum absolute atomic E-state index is 0.636. The molecule has 0 atom stereocenters. The molecule has 1 saturated heterocycles. The van der Waals surface area contributed by atoms with Crippen LogP contribution >= 0.6 is 11.3 Å². The van der Waals surface area contributed by atoms with Crippen molar-refractivity contribution in [2.45, 2.75) is 32.1 Å². The van der Waals surface area contributed by atoms with E-state index in [1.807, 2.05) is 12.1 Å². The minimum atomic E-state index is 0.636. The Bertz CT molecular complexity index is 558. The standard InChI is InChI=1S/C17H22N2OS/c1-2-11-20-15-5-3-13(4-6-15)16-12-21-17(19-16)14-7-9-18-10-8-14/h3-6,12,14,18H,2,7-11H2,1H3. The molecule has 2 aromatic rings. The highest BCUT2D eigenvalue weighted by atomic mass is 32.1. The van der Waals surface area contributed by atoms with Gasteiger partial charge < -0.3 is 10.1 Å². The van der Waals surface area contributed by atoms with Crippen LogP contribution in [-0.2, 0) is 0 Å². The monoisotopic (exact) mass is 302 g/mol. The second-order valence-corrected chi connectivity index (χ2v) is 6.36. The third-order valence-corrected chi connectivity index (χ3v) is 4.84. The predicted octanol–water partition coefficient (Wildman–Crippen LogP) is 4.07. The lowest BCUT2D eigenvalue weighted by Gasteiger charge is -2.20. The topological polar surface area (TPSA) is 34.1 Å². The third-order valence-electron chi connectivity index (χ3n) is 3.83. The maximum Gasteiger partial charge on any atom is 0.119 e. The van der Waals surface area contributed by atoms with Gasteiger partial charge in [-0.3, -0.25) is 0 Å². The molecule has 1 aromatic carbocycles. The molecular weight excluding hydrogens is 280 g/mol. The zero-order chi connectivity index (χ0) is 14.5. The lowest BCUT2D eigenvalue weighted by atomic mass is 9.99. The molecule has 1 aromatic heterocycles. The van der Waals surface area contributed by atoms with Gasteiger partial charge in [-0.1, -0.05) is 6.92 Å². The largest absolute Gasteiger partial charge is 0.494 e. The molecule has 0 bridgehead atoms. The van der Waals surface area contributed by atoms with Crippen LogP contribution in [0.2, 0.25) is 0 Å². The van der Waals surface area contributed by atoms with E-state index in [-0.39, 0.29) is 0 Å². The summed E-state index contributed by atoms with van der Waals surface area (Å²) in [5, 5.41) is 6.88. The highest BCUT2D eigenvalue weighted by Gasteiger charge is 2.18. The van der Waals surface area contributed by atoms with Crippen molar-refractivity contribution < 1.29 is 4.74 Å². The Morgan fingerprint density at radius 2 is 2.00 bits per heavy atom. The molecule has 0 spiro atoms. The summed E-state index contributed by atoms with van der Waals surface area (Å²) in [6.07, 6.45) is 3.45. The van der Waals surface area contributed by atoms with Gasteiger partial charge in [-0.05, 0) is 56.6 Å². The molecular formula is C17H22N2OS. The van der Waals surface area contributed by atoms with Crippen LogP contribution in [0.5, 0.6) is 5.75 Å². The van der Waals surface area contributed by atoms with Gasteiger partial charge in [-0.25, -0.2) is 4.98 Å². The smallest absolute Gasteiger partial charge is 0.119 e. The summed E-state index contributed by atoms with van der Waals surface area (Å²) in [5.74, 6) is 1.58. The van der Waals surface area contributed by atoms with E-state index < -0.39 is 0 Å². The fraction of sp³-hybridized carbons (Fsp3) is 0.471. The first-order valence-corrected chi connectivity index (χ1v) is 8.64. The van der Waals surface area contributed by atoms with E-state index in [4.69, 9.17) is 9.72 Å². The van der Waals surface area contributed by atoms with Crippen LogP contribution < -0.4 is 10.1 Å². The maximum atomic E-state index is 5.62. The van der Waals surface area contributed by atoms with E-state index in [0.717, 1.165) is 37.6 Å². The first kappa shape index (κ1) is 14.5. The van der Waals surface area contributed by atoms with E-state index in [2.05, 4.69) is 29.8 Å². The van der Waals surface area contributed by atoms with Gasteiger partial charge in [0.1, 0.15) is 5.75 Å². The molecule has 3 nitrogen and oxygen atoms in total. The summed E-state index contributed by atoms with van der Waals surface area (Å²) in [6.45, 7) is 5.12. The highest BCUT2D eigenvalue weighted by Crippen LogP contribution is 2.31. The minimum Gasteiger partial charge on any atom is -0.494 e. The summed E-state index contributed by atoms with van der Waals surface area (Å²) >= 11 is 1.80. The fourth-order valence-corrected chi connectivity index (χ4v) is 3.62. The molecule has 4 heteroatoms. The molecule has 1 aliphatic rings. The molecule has 0 amide bonds. The van der Waals surface area contributed by atoms with Gasteiger partial charge in [0.05, 0.1) is 17.3 Å². The van der Waals surface area contributed by atoms with E-state index in [1.165, 1.54) is 23.4 Å². The molecule has 0 radical (unpaired) electrons. The maximum absolute atomic E-state index is 5.62. The van der Waals surface area contributed by atoms with E-state index in [0.29, 0.717) is 5.92 Å². The Labute approximate surface area is 130 Å². The zero-order valence-electron chi connectivity index (χ0n) is 12.5. The van der Waals surface area contributed by atoms with Crippen molar-refractivity contribution in [2.75, 3.05) is 19.7 Å². The molecule has 2 heterocycles. The van der Waals surface area contributed by atoms with E-state index in [9.17, 15) is 0 Å². The van der Waals surface area contributed by atoms with Gasteiger partial charge in [-0.15, -0.1) is 11.3 Å². The van der Waals surface area contributed by atoms with Crippen molar-refractivity contribution in [1.29, 1.82) is 0 Å². The first-order valence-electron chi connectivity index (χ1n) is 7.76. The molecule has 0 aliphatic carbocycles. The third kappa shape index (κ3) is 3.63. The molecule has 0 unspecified atom stereocenters. The van der Waals surface area contributed by atoms with Gasteiger partial charge in [0.25, 0.3) is 0 Å². The van der Waals surface area contributed by atoms with Crippen molar-refractivity contribution in [3.63, 3.8) is 0 Å². The number of rotatable bonds is 5. The average molecular weight is 302 g/mol. The number of thiazole rings is 1. The predicted molar refractivity (Wildman–Crippen MR) is 88.2 cm³/mol. The van der Waals surface area contributed by atoms with Crippen LogP contribution in [0.3, 0.4) is 0 Å². The first-order chi connectivity index (χ1) is 10.4. The highest BCUT2D eigenvalue weighted by molar-refractivity contribution is 7.10. The summed E-state index contributed by atoms with van der Waals surface area (Å²) in [5.41, 5.74) is 2.27. The number of hydrogen-bond acceptors (Lipinski definition) is 4. The second-order valence-electron chi connectivity index (χ2n) is 5.47. The van der Waals surface area contributed by atoms with Crippen LogP contribution in [0.1, 0.15) is 37.1 Å². The Hall–Kier alpha value is -1.39. The summed E-state index contributed by atoms with van der Waals surface area (Å²) < 4.78 is 5.62. The lowest BCUT2D eigenvalue weighted by molar-refractivity contribution is 0.317. The summed E-state index contributed by atoms with van der Waals surface area (Å²) in [7, 11) is 0. The van der Waals surface area contributed by atoms with E-state index in [1.54, 1.807) is 11.3 Å². The van der Waals surface area contributed by atoms with Gasteiger partial charge in [0, 0.05) is 16.9 Å². The van der Waals surface area contributed by atoms with Crippen LogP contribution in [-0.4, -0.2) is 24.7 Å². The van der Waals surface area contributed by atoms with Crippen LogP contribution in [0.4, 0.5) is 0 Å². The molecule has 1 N–H and O–H groups in total. The van der Waals surface area contributed by atoms with Crippen LogP contribution in [0.25, 0.3) is 11.3 Å². The summed E-state index contributed by atoms with van der Waals surface area (Å²) in [4.78, 5) is 4.85. The van der Waals surface area contributed by atoms with Gasteiger partial charge in [0.2, 0.25) is 0 Å². The number of nitrogens with zero attached hydrogens (tertiary/aromatic N) is 1. The zero-order valence-corrected chi connectivity index (χ0v) is 13.3. The molecule has 1 fully saturated rings. The average Bonchev–Trinajstić information content (AvgIpc) is 3.04. The molecule has 21 heavy (non-hydrogen) atoms. The van der Waals surface area contributed by atoms with Crippen molar-refractivity contribution in [3.8, 4) is 17.0 Å². The number of nitrogens with one attached hydrogen (secondary N) is 1. The normalized spacial score (nSPS) is 16.0. The Kier molecular flexibility index (Phi) is 4.88. The van der Waals surface area contributed by atoms with Crippen LogP contribution in [0.15, 0.2) is 29.6 Å². The van der Waals surface area contributed by atoms with Crippen molar-refractivity contribution >= 4 is 11.3 Å². The van der Waals surface area contributed by atoms with Gasteiger partial charge >= 0.3 is 0 Å². The fourth-order valence-electron chi connectivity index (χ4n) is 2.62.